The first kappa shape index (κ1) is 12.9. The number of esters is 1. The van der Waals surface area contributed by atoms with E-state index in [1.165, 1.54) is 12.1 Å². The number of carbonyl (C=O) groups excluding carboxylic acids is 1. The van der Waals surface area contributed by atoms with Crippen molar-refractivity contribution >= 4 is 17.6 Å². The van der Waals surface area contributed by atoms with Gasteiger partial charge >= 0.3 is 5.97 Å². The Morgan fingerprint density at radius 2 is 2.31 bits per heavy atom. The van der Waals surface area contributed by atoms with E-state index in [1.54, 1.807) is 19.1 Å². The number of alkyl halides is 1. The van der Waals surface area contributed by atoms with Crippen LogP contribution in [0.4, 0.5) is 4.39 Å². The third-order valence-corrected chi connectivity index (χ3v) is 2.21. The summed E-state index contributed by atoms with van der Waals surface area (Å²) in [6.07, 6.45) is -3.66. The number of hydrogen-bond acceptors (Lipinski definition) is 3. The van der Waals surface area contributed by atoms with E-state index < -0.39 is 18.2 Å². The van der Waals surface area contributed by atoms with Crippen LogP contribution in [-0.4, -0.2) is 23.9 Å². The number of hydrogen-bond donors (Lipinski definition) is 1. The Kier molecular flexibility index (Phi) is 4.71. The maximum atomic E-state index is 13.4. The Morgan fingerprint density at radius 3 is 2.88 bits per heavy atom. The van der Waals surface area contributed by atoms with Crippen LogP contribution in [-0.2, 0) is 9.53 Å². The smallest absolute Gasteiger partial charge is 0.343 e. The molecule has 0 radical (unpaired) electrons. The summed E-state index contributed by atoms with van der Waals surface area (Å²) in [6.45, 7) is 1.64. The third kappa shape index (κ3) is 3.18. The molecule has 0 aliphatic carbocycles. The van der Waals surface area contributed by atoms with E-state index >= 15 is 0 Å². The molecule has 1 N–H and O–H groups in total. The van der Waals surface area contributed by atoms with Crippen molar-refractivity contribution in [2.75, 3.05) is 6.61 Å². The summed E-state index contributed by atoms with van der Waals surface area (Å²) in [5.41, 5.74) is 0.244. The third-order valence-electron chi connectivity index (χ3n) is 1.98. The van der Waals surface area contributed by atoms with E-state index in [0.717, 1.165) is 0 Å². The molecule has 0 fully saturated rings. The topological polar surface area (TPSA) is 46.5 Å². The van der Waals surface area contributed by atoms with Crippen molar-refractivity contribution in [2.45, 2.75) is 19.2 Å². The zero-order valence-electron chi connectivity index (χ0n) is 8.69. The molecule has 3 nitrogen and oxygen atoms in total. The number of benzene rings is 1. The molecule has 0 bridgehead atoms. The van der Waals surface area contributed by atoms with Crippen molar-refractivity contribution < 1.29 is 19.0 Å². The molecule has 0 aromatic heterocycles. The van der Waals surface area contributed by atoms with Gasteiger partial charge in [0.1, 0.15) is 6.10 Å². The molecule has 1 aromatic rings. The quantitative estimate of drug-likeness (QED) is 0.829. The molecular formula is C11H12ClFO3. The minimum absolute atomic E-state index is 0.0710. The van der Waals surface area contributed by atoms with Crippen molar-refractivity contribution in [1.29, 1.82) is 0 Å². The standard InChI is InChI=1S/C11H12ClFO3/c1-2-16-11(15)9(13)10(14)7-4-3-5-8(12)6-7/h3-6,9-10,14H,2H2,1H3. The molecule has 0 saturated heterocycles. The van der Waals surface area contributed by atoms with Crippen molar-refractivity contribution in [1.82, 2.24) is 0 Å². The number of rotatable bonds is 4. The first-order valence-corrected chi connectivity index (χ1v) is 5.18. The fourth-order valence-corrected chi connectivity index (χ4v) is 1.41. The number of carbonyl (C=O) groups is 1. The number of ether oxygens (including phenoxy) is 1. The van der Waals surface area contributed by atoms with Gasteiger partial charge in [0.05, 0.1) is 6.61 Å². The molecule has 0 spiro atoms. The highest BCUT2D eigenvalue weighted by Crippen LogP contribution is 2.22. The highest BCUT2D eigenvalue weighted by molar-refractivity contribution is 6.30. The number of halogens is 2. The van der Waals surface area contributed by atoms with E-state index in [0.29, 0.717) is 5.02 Å². The van der Waals surface area contributed by atoms with Crippen LogP contribution in [0.3, 0.4) is 0 Å². The highest BCUT2D eigenvalue weighted by Gasteiger charge is 2.29. The first-order valence-electron chi connectivity index (χ1n) is 4.80. The maximum Gasteiger partial charge on any atom is 0.343 e. The van der Waals surface area contributed by atoms with Crippen LogP contribution in [0.2, 0.25) is 5.02 Å². The van der Waals surface area contributed by atoms with Crippen LogP contribution in [0, 0.1) is 0 Å². The second kappa shape index (κ2) is 5.82. The lowest BCUT2D eigenvalue weighted by molar-refractivity contribution is -0.153. The molecular weight excluding hydrogens is 235 g/mol. The fourth-order valence-electron chi connectivity index (χ4n) is 1.21. The second-order valence-corrected chi connectivity index (χ2v) is 3.59. The van der Waals surface area contributed by atoms with Gasteiger partial charge in [-0.25, -0.2) is 9.18 Å². The van der Waals surface area contributed by atoms with Crippen LogP contribution >= 0.6 is 11.6 Å². The average molecular weight is 247 g/mol. The molecule has 2 unspecified atom stereocenters. The Hall–Kier alpha value is -1.13. The van der Waals surface area contributed by atoms with Crippen molar-refractivity contribution in [2.24, 2.45) is 0 Å². The lowest BCUT2D eigenvalue weighted by atomic mass is 10.1. The van der Waals surface area contributed by atoms with E-state index in [9.17, 15) is 14.3 Å². The van der Waals surface area contributed by atoms with Gasteiger partial charge in [-0.1, -0.05) is 23.7 Å². The van der Waals surface area contributed by atoms with Gasteiger partial charge in [0.2, 0.25) is 6.17 Å². The van der Waals surface area contributed by atoms with Gasteiger partial charge in [-0.2, -0.15) is 0 Å². The number of aliphatic hydroxyl groups excluding tert-OH is 1. The summed E-state index contributed by atoms with van der Waals surface area (Å²) in [6, 6.07) is 6.05. The summed E-state index contributed by atoms with van der Waals surface area (Å²) in [7, 11) is 0. The molecule has 16 heavy (non-hydrogen) atoms. The Labute approximate surface area is 97.8 Å². The highest BCUT2D eigenvalue weighted by atomic mass is 35.5. The van der Waals surface area contributed by atoms with Gasteiger partial charge < -0.3 is 9.84 Å². The lowest BCUT2D eigenvalue weighted by Crippen LogP contribution is -2.26. The zero-order chi connectivity index (χ0) is 12.1. The van der Waals surface area contributed by atoms with Crippen LogP contribution in [0.1, 0.15) is 18.6 Å². The molecule has 2 atom stereocenters. The first-order chi connectivity index (χ1) is 7.56. The van der Waals surface area contributed by atoms with Crippen LogP contribution in [0.15, 0.2) is 24.3 Å². The van der Waals surface area contributed by atoms with Gasteiger partial charge in [0, 0.05) is 5.02 Å². The predicted molar refractivity (Wildman–Crippen MR) is 57.9 cm³/mol. The summed E-state index contributed by atoms with van der Waals surface area (Å²) in [4.78, 5) is 11.1. The van der Waals surface area contributed by atoms with Crippen molar-refractivity contribution in [3.63, 3.8) is 0 Å². The van der Waals surface area contributed by atoms with Gasteiger partial charge in [0.15, 0.2) is 0 Å². The van der Waals surface area contributed by atoms with Crippen LogP contribution in [0.25, 0.3) is 0 Å². The molecule has 5 heteroatoms. The monoisotopic (exact) mass is 246 g/mol. The molecule has 0 aliphatic heterocycles. The molecule has 0 heterocycles. The van der Waals surface area contributed by atoms with E-state index in [2.05, 4.69) is 4.74 Å². The average Bonchev–Trinajstić information content (AvgIpc) is 2.27. The lowest BCUT2D eigenvalue weighted by Gasteiger charge is -2.14. The fraction of sp³-hybridized carbons (Fsp3) is 0.364. The minimum atomic E-state index is -2.10. The van der Waals surface area contributed by atoms with E-state index in [-0.39, 0.29) is 12.2 Å². The summed E-state index contributed by atoms with van der Waals surface area (Å²) >= 11 is 5.68. The molecule has 0 saturated carbocycles. The largest absolute Gasteiger partial charge is 0.464 e. The van der Waals surface area contributed by atoms with Crippen LogP contribution in [0.5, 0.6) is 0 Å². The van der Waals surface area contributed by atoms with Crippen molar-refractivity contribution in [3.8, 4) is 0 Å². The molecule has 0 amide bonds. The van der Waals surface area contributed by atoms with Gasteiger partial charge in [-0.05, 0) is 24.6 Å². The zero-order valence-corrected chi connectivity index (χ0v) is 9.45. The normalized spacial score (nSPS) is 14.2. The van der Waals surface area contributed by atoms with Gasteiger partial charge in [-0.3, -0.25) is 0 Å². The van der Waals surface area contributed by atoms with E-state index in [4.69, 9.17) is 11.6 Å². The SMILES string of the molecule is CCOC(=O)C(F)C(O)c1cccc(Cl)c1. The Balaban J connectivity index is 2.77. The Morgan fingerprint density at radius 1 is 1.62 bits per heavy atom. The van der Waals surface area contributed by atoms with Crippen molar-refractivity contribution in [3.05, 3.63) is 34.9 Å². The number of aliphatic hydroxyl groups is 1. The van der Waals surface area contributed by atoms with Gasteiger partial charge in [0.25, 0.3) is 0 Å². The molecule has 0 aliphatic rings. The maximum absolute atomic E-state index is 13.4. The second-order valence-electron chi connectivity index (χ2n) is 3.15. The summed E-state index contributed by atoms with van der Waals surface area (Å²) < 4.78 is 17.9. The summed E-state index contributed by atoms with van der Waals surface area (Å²) in [5, 5.41) is 9.94. The molecule has 1 aromatic carbocycles. The van der Waals surface area contributed by atoms with E-state index in [1.807, 2.05) is 0 Å². The van der Waals surface area contributed by atoms with Gasteiger partial charge in [-0.15, -0.1) is 0 Å². The predicted octanol–water partition coefficient (Wildman–Crippen LogP) is 2.27. The molecule has 1 rings (SSSR count). The minimum Gasteiger partial charge on any atom is -0.464 e. The molecule has 88 valence electrons. The summed E-state index contributed by atoms with van der Waals surface area (Å²) in [5.74, 6) is -1.07. The van der Waals surface area contributed by atoms with Crippen LogP contribution < -0.4 is 0 Å². The Bertz CT molecular complexity index is 370.